The standard InChI is InChI=1S/C17H14N8O/c26-17(14-5-3-13(4-6-14)8-24-11-18-9-21-24)23-15-2-1-7-20-16(15)25-12-19-10-22-25/h1-7,9-12H,8H2,(H,23,26). The molecule has 0 saturated heterocycles. The minimum atomic E-state index is -0.230. The van der Waals surface area contributed by atoms with Crippen molar-refractivity contribution in [3.63, 3.8) is 0 Å². The average molecular weight is 346 g/mol. The van der Waals surface area contributed by atoms with Gasteiger partial charge in [-0.1, -0.05) is 12.1 Å². The Bertz CT molecular complexity index is 994. The normalized spacial score (nSPS) is 10.6. The van der Waals surface area contributed by atoms with Crippen molar-refractivity contribution in [1.29, 1.82) is 0 Å². The second-order valence-corrected chi connectivity index (χ2v) is 5.46. The Morgan fingerprint density at radius 3 is 2.54 bits per heavy atom. The van der Waals surface area contributed by atoms with Crippen LogP contribution in [-0.2, 0) is 6.54 Å². The number of nitrogens with one attached hydrogen (secondary N) is 1. The number of nitrogens with zero attached hydrogens (tertiary/aromatic N) is 7. The molecule has 0 bridgehead atoms. The van der Waals surface area contributed by atoms with Crippen molar-refractivity contribution in [1.82, 2.24) is 34.5 Å². The molecule has 0 aliphatic heterocycles. The van der Waals surface area contributed by atoms with E-state index < -0.39 is 0 Å². The second kappa shape index (κ2) is 6.93. The summed E-state index contributed by atoms with van der Waals surface area (Å²) in [5, 5.41) is 11.0. The number of rotatable bonds is 5. The number of amides is 1. The average Bonchev–Trinajstić information content (AvgIpc) is 3.37. The van der Waals surface area contributed by atoms with Crippen LogP contribution in [0.3, 0.4) is 0 Å². The number of aromatic nitrogens is 7. The van der Waals surface area contributed by atoms with Gasteiger partial charge in [0.2, 0.25) is 0 Å². The fourth-order valence-electron chi connectivity index (χ4n) is 2.45. The summed E-state index contributed by atoms with van der Waals surface area (Å²) in [6.07, 6.45) is 7.70. The third-order valence-electron chi connectivity index (χ3n) is 3.70. The van der Waals surface area contributed by atoms with Crippen molar-refractivity contribution in [2.45, 2.75) is 6.54 Å². The maximum atomic E-state index is 12.6. The molecule has 1 amide bonds. The van der Waals surface area contributed by atoms with Crippen LogP contribution < -0.4 is 5.32 Å². The molecule has 0 fully saturated rings. The summed E-state index contributed by atoms with van der Waals surface area (Å²) in [5.74, 6) is 0.271. The Morgan fingerprint density at radius 2 is 1.81 bits per heavy atom. The highest BCUT2D eigenvalue weighted by Gasteiger charge is 2.11. The van der Waals surface area contributed by atoms with Crippen LogP contribution >= 0.6 is 0 Å². The van der Waals surface area contributed by atoms with Gasteiger partial charge in [-0.25, -0.2) is 24.3 Å². The van der Waals surface area contributed by atoms with Gasteiger partial charge in [0.15, 0.2) is 5.82 Å². The van der Waals surface area contributed by atoms with Gasteiger partial charge in [0, 0.05) is 11.8 Å². The summed E-state index contributed by atoms with van der Waals surface area (Å²) in [4.78, 5) is 24.6. The van der Waals surface area contributed by atoms with Gasteiger partial charge in [0.1, 0.15) is 25.3 Å². The van der Waals surface area contributed by atoms with Crippen molar-refractivity contribution < 1.29 is 4.79 Å². The van der Waals surface area contributed by atoms with Crippen molar-refractivity contribution in [3.8, 4) is 5.82 Å². The van der Waals surface area contributed by atoms with Crippen molar-refractivity contribution in [2.75, 3.05) is 5.32 Å². The number of anilines is 1. The molecule has 4 rings (SSSR count). The number of carbonyl (C=O) groups is 1. The Kier molecular flexibility index (Phi) is 4.17. The molecule has 0 aliphatic rings. The first-order valence-corrected chi connectivity index (χ1v) is 7.82. The van der Waals surface area contributed by atoms with Gasteiger partial charge in [0.05, 0.1) is 12.2 Å². The van der Waals surface area contributed by atoms with Crippen LogP contribution in [0.25, 0.3) is 5.82 Å². The summed E-state index contributed by atoms with van der Waals surface area (Å²) < 4.78 is 3.21. The van der Waals surface area contributed by atoms with Gasteiger partial charge in [-0.05, 0) is 29.8 Å². The number of hydrogen-bond acceptors (Lipinski definition) is 6. The van der Waals surface area contributed by atoms with E-state index in [1.165, 1.54) is 23.7 Å². The predicted octanol–water partition coefficient (Wildman–Crippen LogP) is 1.55. The molecular weight excluding hydrogens is 332 g/mol. The molecule has 0 radical (unpaired) electrons. The molecule has 9 nitrogen and oxygen atoms in total. The Morgan fingerprint density at radius 1 is 1.00 bits per heavy atom. The highest BCUT2D eigenvalue weighted by Crippen LogP contribution is 2.17. The van der Waals surface area contributed by atoms with Crippen LogP contribution in [0, 0.1) is 0 Å². The van der Waals surface area contributed by atoms with Gasteiger partial charge < -0.3 is 5.32 Å². The van der Waals surface area contributed by atoms with E-state index in [1.807, 2.05) is 12.1 Å². The van der Waals surface area contributed by atoms with Crippen LogP contribution in [0.1, 0.15) is 15.9 Å². The largest absolute Gasteiger partial charge is 0.319 e. The molecule has 3 aromatic heterocycles. The zero-order chi connectivity index (χ0) is 17.8. The summed E-state index contributed by atoms with van der Waals surface area (Å²) in [7, 11) is 0. The molecule has 0 atom stereocenters. The van der Waals surface area contributed by atoms with Crippen LogP contribution in [-0.4, -0.2) is 40.4 Å². The van der Waals surface area contributed by atoms with Crippen molar-refractivity contribution >= 4 is 11.6 Å². The predicted molar refractivity (Wildman–Crippen MR) is 92.7 cm³/mol. The minimum Gasteiger partial charge on any atom is -0.319 e. The van der Waals surface area contributed by atoms with Gasteiger partial charge in [-0.15, -0.1) is 0 Å². The number of carbonyl (C=O) groups excluding carboxylic acids is 1. The SMILES string of the molecule is O=C(Nc1cccnc1-n1cncn1)c1ccc(Cn2cncn2)cc1. The molecule has 0 spiro atoms. The van der Waals surface area contributed by atoms with E-state index in [0.29, 0.717) is 23.6 Å². The smallest absolute Gasteiger partial charge is 0.255 e. The molecule has 0 unspecified atom stereocenters. The van der Waals surface area contributed by atoms with Crippen LogP contribution in [0.5, 0.6) is 0 Å². The maximum absolute atomic E-state index is 12.6. The van der Waals surface area contributed by atoms with Crippen LogP contribution in [0.15, 0.2) is 67.9 Å². The zero-order valence-corrected chi connectivity index (χ0v) is 13.6. The summed E-state index contributed by atoms with van der Waals surface area (Å²) >= 11 is 0. The van der Waals surface area contributed by atoms with E-state index in [1.54, 1.807) is 41.5 Å². The summed E-state index contributed by atoms with van der Waals surface area (Å²) in [6.45, 7) is 0.598. The Labute approximate surface area is 148 Å². The topological polar surface area (TPSA) is 103 Å². The van der Waals surface area contributed by atoms with E-state index in [9.17, 15) is 4.79 Å². The molecule has 4 aromatic rings. The molecule has 128 valence electrons. The lowest BCUT2D eigenvalue weighted by Gasteiger charge is -2.10. The minimum absolute atomic E-state index is 0.230. The van der Waals surface area contributed by atoms with Crippen molar-refractivity contribution in [3.05, 3.63) is 79.0 Å². The fraction of sp³-hybridized carbons (Fsp3) is 0.0588. The molecule has 26 heavy (non-hydrogen) atoms. The number of hydrogen-bond donors (Lipinski definition) is 1. The number of pyridine rings is 1. The van der Waals surface area contributed by atoms with Gasteiger partial charge in [0.25, 0.3) is 5.91 Å². The molecular formula is C17H14N8O. The highest BCUT2D eigenvalue weighted by atomic mass is 16.1. The van der Waals surface area contributed by atoms with Crippen LogP contribution in [0.2, 0.25) is 0 Å². The van der Waals surface area contributed by atoms with Crippen molar-refractivity contribution in [2.24, 2.45) is 0 Å². The monoisotopic (exact) mass is 346 g/mol. The molecule has 0 aliphatic carbocycles. The number of benzene rings is 1. The van der Waals surface area contributed by atoms with E-state index in [2.05, 4.69) is 30.5 Å². The Balaban J connectivity index is 1.50. The second-order valence-electron chi connectivity index (χ2n) is 5.46. The van der Waals surface area contributed by atoms with Gasteiger partial charge in [-0.2, -0.15) is 10.2 Å². The zero-order valence-electron chi connectivity index (χ0n) is 13.6. The van der Waals surface area contributed by atoms with E-state index in [4.69, 9.17) is 0 Å². The fourth-order valence-corrected chi connectivity index (χ4v) is 2.45. The summed E-state index contributed by atoms with van der Waals surface area (Å²) in [6, 6.07) is 10.8. The first kappa shape index (κ1) is 15.6. The van der Waals surface area contributed by atoms with E-state index in [0.717, 1.165) is 5.56 Å². The molecule has 1 aromatic carbocycles. The summed E-state index contributed by atoms with van der Waals surface area (Å²) in [5.41, 5.74) is 2.12. The lowest BCUT2D eigenvalue weighted by atomic mass is 10.1. The molecule has 3 heterocycles. The van der Waals surface area contributed by atoms with Crippen LogP contribution in [0.4, 0.5) is 5.69 Å². The first-order valence-electron chi connectivity index (χ1n) is 7.82. The quantitative estimate of drug-likeness (QED) is 0.588. The third-order valence-corrected chi connectivity index (χ3v) is 3.70. The highest BCUT2D eigenvalue weighted by molar-refractivity contribution is 6.05. The molecule has 0 saturated carbocycles. The van der Waals surface area contributed by atoms with E-state index in [-0.39, 0.29) is 5.91 Å². The first-order chi connectivity index (χ1) is 12.8. The lowest BCUT2D eigenvalue weighted by molar-refractivity contribution is 0.102. The molecule has 1 N–H and O–H groups in total. The van der Waals surface area contributed by atoms with E-state index >= 15 is 0 Å². The van der Waals surface area contributed by atoms with Gasteiger partial charge in [-0.3, -0.25) is 4.79 Å². The maximum Gasteiger partial charge on any atom is 0.255 e. The third kappa shape index (κ3) is 3.31. The van der Waals surface area contributed by atoms with Gasteiger partial charge >= 0.3 is 0 Å². The Hall–Kier alpha value is -3.88. The molecule has 9 heteroatoms. The lowest BCUT2D eigenvalue weighted by Crippen LogP contribution is -2.15.